The number of amides is 2. The van der Waals surface area contributed by atoms with E-state index in [1.807, 2.05) is 32.9 Å². The summed E-state index contributed by atoms with van der Waals surface area (Å²) in [6.07, 6.45) is 12.8. The smallest absolute Gasteiger partial charge is 0.317 e. The summed E-state index contributed by atoms with van der Waals surface area (Å²) in [7, 11) is 1.67. The molecule has 3 saturated carbocycles. The normalized spacial score (nSPS) is 40.3. The van der Waals surface area contributed by atoms with Crippen molar-refractivity contribution in [1.29, 1.82) is 0 Å². The van der Waals surface area contributed by atoms with Gasteiger partial charge in [0.05, 0.1) is 23.1 Å². The lowest BCUT2D eigenvalue weighted by atomic mass is 9.32. The minimum absolute atomic E-state index is 0.00691. The molecule has 7 nitrogen and oxygen atoms in total. The number of carbonyl (C=O) groups is 2. The number of urea groups is 1. The number of nitrogens with one attached hydrogen (secondary N) is 1. The molecular weight excluding hydrogens is 572 g/mol. The van der Waals surface area contributed by atoms with Crippen molar-refractivity contribution < 1.29 is 24.5 Å². The van der Waals surface area contributed by atoms with Crippen LogP contribution < -0.4 is 5.32 Å². The molecule has 6 aliphatic rings. The van der Waals surface area contributed by atoms with E-state index in [4.69, 9.17) is 4.74 Å². The third-order valence-corrected chi connectivity index (χ3v) is 13.8. The Hall–Kier alpha value is -2.00. The van der Waals surface area contributed by atoms with Gasteiger partial charge in [-0.2, -0.15) is 0 Å². The van der Waals surface area contributed by atoms with Crippen LogP contribution in [0.4, 0.5) is 4.79 Å². The highest BCUT2D eigenvalue weighted by Crippen LogP contribution is 2.78. The van der Waals surface area contributed by atoms with E-state index >= 15 is 0 Å². The Morgan fingerprint density at radius 2 is 1.80 bits per heavy atom. The lowest BCUT2D eigenvalue weighted by Gasteiger charge is -2.71. The summed E-state index contributed by atoms with van der Waals surface area (Å²) < 4.78 is 5.29. The van der Waals surface area contributed by atoms with Gasteiger partial charge in [0.1, 0.15) is 0 Å². The fraction of sp³-hybridized carbons (Fsp3) is 0.722. The highest BCUT2D eigenvalue weighted by atomic mass is 32.1. The number of carbonyl (C=O) groups excluding carboxylic acids is 2. The maximum Gasteiger partial charge on any atom is 0.317 e. The number of ketones is 1. The van der Waals surface area contributed by atoms with Gasteiger partial charge in [-0.1, -0.05) is 32.1 Å². The molecule has 1 aromatic heterocycles. The number of rotatable bonds is 9. The molecule has 8 atom stereocenters. The van der Waals surface area contributed by atoms with Crippen LogP contribution in [0.25, 0.3) is 0 Å². The number of allylic oxidation sites excluding steroid dienone is 4. The molecule has 3 fully saturated rings. The predicted molar refractivity (Wildman–Crippen MR) is 174 cm³/mol. The van der Waals surface area contributed by atoms with E-state index in [0.29, 0.717) is 32.4 Å². The first-order valence-corrected chi connectivity index (χ1v) is 17.6. The fourth-order valence-electron chi connectivity index (χ4n) is 10.6. The molecule has 0 aliphatic heterocycles. The van der Waals surface area contributed by atoms with Crippen molar-refractivity contribution in [2.45, 2.75) is 104 Å². The summed E-state index contributed by atoms with van der Waals surface area (Å²) in [5.74, 6) is 0.415. The lowest BCUT2D eigenvalue weighted by molar-refractivity contribution is -0.174. The number of fused-ring (bicyclic) bond motifs is 1. The van der Waals surface area contributed by atoms with E-state index in [1.165, 1.54) is 0 Å². The van der Waals surface area contributed by atoms with E-state index in [2.05, 4.69) is 37.4 Å². The van der Waals surface area contributed by atoms with Crippen LogP contribution in [0, 0.1) is 40.4 Å². The number of aryl methyl sites for hydroxylation is 1. The van der Waals surface area contributed by atoms with E-state index in [-0.39, 0.29) is 53.2 Å². The average Bonchev–Trinajstić information content (AvgIpc) is 3.52. The number of Topliss-reactive ketones (excluding diaryl/α,β-unsaturated/α-hetero) is 1. The largest absolute Gasteiger partial charge is 0.393 e. The van der Waals surface area contributed by atoms with Crippen molar-refractivity contribution >= 4 is 23.2 Å². The van der Waals surface area contributed by atoms with Crippen molar-refractivity contribution in [3.05, 3.63) is 45.7 Å². The van der Waals surface area contributed by atoms with Gasteiger partial charge in [0.2, 0.25) is 0 Å². The Bertz CT molecular complexity index is 1370. The zero-order valence-electron chi connectivity index (χ0n) is 27.4. The third-order valence-electron chi connectivity index (χ3n) is 12.8. The van der Waals surface area contributed by atoms with Crippen LogP contribution in [0.5, 0.6) is 0 Å². The van der Waals surface area contributed by atoms with Crippen LogP contribution in [0.1, 0.15) is 93.6 Å². The number of aliphatic hydroxyl groups is 2. The second kappa shape index (κ2) is 11.1. The summed E-state index contributed by atoms with van der Waals surface area (Å²) in [6, 6.07) is 3.83. The van der Waals surface area contributed by atoms with Crippen LogP contribution in [-0.4, -0.2) is 71.5 Å². The molecule has 8 heteroatoms. The van der Waals surface area contributed by atoms with E-state index in [0.717, 1.165) is 47.4 Å². The molecule has 7 rings (SSSR count). The van der Waals surface area contributed by atoms with Gasteiger partial charge in [0, 0.05) is 53.0 Å². The Kier molecular flexibility index (Phi) is 8.04. The second-order valence-electron chi connectivity index (χ2n) is 15.4. The number of thiophene rings is 1. The van der Waals surface area contributed by atoms with Crippen molar-refractivity contribution in [3.8, 4) is 0 Å². The van der Waals surface area contributed by atoms with Crippen LogP contribution in [0.3, 0.4) is 0 Å². The minimum Gasteiger partial charge on any atom is -0.393 e. The van der Waals surface area contributed by atoms with Crippen molar-refractivity contribution in [3.63, 3.8) is 0 Å². The molecule has 44 heavy (non-hydrogen) atoms. The van der Waals surface area contributed by atoms with Gasteiger partial charge in [-0.05, 0) is 102 Å². The molecule has 1 unspecified atom stereocenters. The summed E-state index contributed by atoms with van der Waals surface area (Å²) >= 11 is 1.55. The molecule has 2 bridgehead atoms. The van der Waals surface area contributed by atoms with Gasteiger partial charge < -0.3 is 25.2 Å². The number of aliphatic hydroxyl groups excluding tert-OH is 1. The molecule has 3 N–H and O–H groups in total. The first-order chi connectivity index (χ1) is 20.8. The van der Waals surface area contributed by atoms with Gasteiger partial charge in [-0.3, -0.25) is 4.79 Å². The number of hydrogen-bond acceptors (Lipinski definition) is 6. The Morgan fingerprint density at radius 1 is 1.09 bits per heavy atom. The standard InChI is InChI=1S/C36H52N2O5S/c1-23(2)37-31(41)38(18-7-19-43-6)22-35(42)15-12-29-33(35,5)14-11-28-32(4)13-10-25(39)20-34(32)16-17-36(28,29)26(21-34)30(40)27-9-8-24(3)44-27/h8-9,16-17,21,23,25,28-29,39,42H,7,10-15,18-20,22H2,1-6H3,(H,37,41)/t25?,28-,29-,32-,33+,34+,35-,36-/m1/s1. The highest BCUT2D eigenvalue weighted by molar-refractivity contribution is 7.14. The van der Waals surface area contributed by atoms with Crippen molar-refractivity contribution in [2.24, 2.45) is 33.5 Å². The fourth-order valence-corrected chi connectivity index (χ4v) is 11.4. The van der Waals surface area contributed by atoms with Gasteiger partial charge >= 0.3 is 6.03 Å². The summed E-state index contributed by atoms with van der Waals surface area (Å²) in [5.41, 5.74) is -1.60. The van der Waals surface area contributed by atoms with Gasteiger partial charge in [0.15, 0.2) is 5.78 Å². The van der Waals surface area contributed by atoms with Crippen LogP contribution in [-0.2, 0) is 4.74 Å². The highest BCUT2D eigenvalue weighted by Gasteiger charge is 2.74. The predicted octanol–water partition coefficient (Wildman–Crippen LogP) is 6.29. The molecule has 1 aromatic rings. The molecule has 1 heterocycles. The third kappa shape index (κ3) is 4.52. The molecule has 242 valence electrons. The molecule has 2 amide bonds. The first kappa shape index (κ1) is 32.0. The van der Waals surface area contributed by atoms with E-state index in [1.54, 1.807) is 23.3 Å². The molecule has 0 aromatic carbocycles. The SMILES string of the molecule is COCCCN(C[C@]1(O)CC[C@H]2[C@]34C=C[C@@]5(C=C3C(=O)c3ccc(C)s3)CC(O)CC[C@]5(C)[C@H]4CC[C@@]21C)C(=O)NC(C)C. The maximum atomic E-state index is 14.6. The molecule has 0 radical (unpaired) electrons. The molecule has 6 aliphatic carbocycles. The van der Waals surface area contributed by atoms with E-state index in [9.17, 15) is 19.8 Å². The van der Waals surface area contributed by atoms with Gasteiger partial charge in [-0.15, -0.1) is 11.3 Å². The minimum atomic E-state index is -1.09. The number of ether oxygens (including phenoxy) is 1. The zero-order valence-corrected chi connectivity index (χ0v) is 28.3. The quantitative estimate of drug-likeness (QED) is 0.171. The number of methoxy groups -OCH3 is 1. The molecule has 2 spiro atoms. The first-order valence-electron chi connectivity index (χ1n) is 16.7. The Morgan fingerprint density at radius 3 is 2.48 bits per heavy atom. The average molecular weight is 625 g/mol. The van der Waals surface area contributed by atoms with Gasteiger partial charge in [-0.25, -0.2) is 4.79 Å². The van der Waals surface area contributed by atoms with Gasteiger partial charge in [0.25, 0.3) is 0 Å². The van der Waals surface area contributed by atoms with Crippen LogP contribution in [0.15, 0.2) is 35.9 Å². The molecule has 0 saturated heterocycles. The summed E-state index contributed by atoms with van der Waals surface area (Å²) in [4.78, 5) is 31.7. The molecular formula is C36H52N2O5S. The second-order valence-corrected chi connectivity index (χ2v) is 16.7. The van der Waals surface area contributed by atoms with E-state index < -0.39 is 16.4 Å². The lowest BCUT2D eigenvalue weighted by Crippen LogP contribution is -2.67. The Balaban J connectivity index is 1.42. The topological polar surface area (TPSA) is 99.1 Å². The Labute approximate surface area is 267 Å². The van der Waals surface area contributed by atoms with Crippen LogP contribution >= 0.6 is 11.3 Å². The van der Waals surface area contributed by atoms with Crippen molar-refractivity contribution in [1.82, 2.24) is 10.2 Å². The number of nitrogens with zero attached hydrogens (tertiary/aromatic N) is 1. The van der Waals surface area contributed by atoms with Crippen LogP contribution in [0.2, 0.25) is 0 Å². The summed E-state index contributed by atoms with van der Waals surface area (Å²) in [6.45, 7) is 11.9. The zero-order chi connectivity index (χ0) is 31.7. The maximum absolute atomic E-state index is 14.6. The monoisotopic (exact) mass is 624 g/mol. The number of hydrogen-bond donors (Lipinski definition) is 3. The summed E-state index contributed by atoms with van der Waals surface area (Å²) in [5, 5.41) is 26.7. The van der Waals surface area contributed by atoms with Crippen molar-refractivity contribution in [2.75, 3.05) is 26.8 Å².